The number of piperazine rings is 1. The third-order valence-corrected chi connectivity index (χ3v) is 4.59. The van der Waals surface area contributed by atoms with Gasteiger partial charge in [-0.25, -0.2) is 0 Å². The van der Waals surface area contributed by atoms with Gasteiger partial charge >= 0.3 is 6.18 Å². The van der Waals surface area contributed by atoms with Crippen LogP contribution in [-0.4, -0.2) is 62.8 Å². The highest BCUT2D eigenvalue weighted by Crippen LogP contribution is 2.31. The van der Waals surface area contributed by atoms with E-state index in [1.165, 1.54) is 12.1 Å². The van der Waals surface area contributed by atoms with Crippen LogP contribution in [0.2, 0.25) is 0 Å². The Morgan fingerprint density at radius 2 is 2.00 bits per heavy atom. The molecule has 138 valence electrons. The molecule has 1 N–H and O–H groups in total. The first-order valence-electron chi connectivity index (χ1n) is 8.44. The van der Waals surface area contributed by atoms with Gasteiger partial charge in [-0.3, -0.25) is 4.79 Å². The van der Waals surface area contributed by atoms with Crippen molar-refractivity contribution in [2.45, 2.75) is 18.6 Å². The van der Waals surface area contributed by atoms with Crippen molar-refractivity contribution in [3.05, 3.63) is 29.8 Å². The lowest BCUT2D eigenvalue weighted by Crippen LogP contribution is -2.51. The average molecular weight is 357 g/mol. The average Bonchev–Trinajstić information content (AvgIpc) is 2.62. The first kappa shape index (κ1) is 18.0. The minimum atomic E-state index is -4.34. The Hall–Kier alpha value is -1.80. The Bertz CT molecular complexity index is 595. The molecule has 0 aliphatic carbocycles. The second-order valence-corrected chi connectivity index (χ2v) is 6.35. The molecule has 1 aromatic rings. The zero-order valence-corrected chi connectivity index (χ0v) is 13.9. The highest BCUT2D eigenvalue weighted by molar-refractivity contribution is 5.77. The standard InChI is InChI=1S/C17H22F3N3O2/c18-17(19,20)13-2-1-3-15(10-13)22-5-7-23(8-6-22)16(24)11-14-12-25-9-4-21-14/h1-3,10,14,21H,4-9,11-12H2. The summed E-state index contributed by atoms with van der Waals surface area (Å²) in [6, 6.07) is 5.38. The summed E-state index contributed by atoms with van der Waals surface area (Å²) in [5.41, 5.74) is -0.101. The first-order chi connectivity index (χ1) is 11.9. The fourth-order valence-corrected chi connectivity index (χ4v) is 3.18. The number of hydrogen-bond acceptors (Lipinski definition) is 4. The number of morpholine rings is 1. The monoisotopic (exact) mass is 357 g/mol. The van der Waals surface area contributed by atoms with E-state index in [9.17, 15) is 18.0 Å². The smallest absolute Gasteiger partial charge is 0.378 e. The summed E-state index contributed by atoms with van der Waals surface area (Å²) in [5, 5.41) is 3.25. The lowest BCUT2D eigenvalue weighted by atomic mass is 10.1. The Balaban J connectivity index is 1.54. The van der Waals surface area contributed by atoms with Crippen molar-refractivity contribution >= 4 is 11.6 Å². The Morgan fingerprint density at radius 1 is 1.24 bits per heavy atom. The molecule has 1 unspecified atom stereocenters. The summed E-state index contributed by atoms with van der Waals surface area (Å²) in [7, 11) is 0. The molecule has 0 radical (unpaired) electrons. The number of rotatable bonds is 3. The van der Waals surface area contributed by atoms with E-state index in [0.29, 0.717) is 51.5 Å². The van der Waals surface area contributed by atoms with Gasteiger partial charge in [-0.15, -0.1) is 0 Å². The normalized spacial score (nSPS) is 22.1. The van der Waals surface area contributed by atoms with E-state index in [4.69, 9.17) is 4.74 Å². The van der Waals surface area contributed by atoms with Gasteiger partial charge in [0.05, 0.1) is 18.8 Å². The van der Waals surface area contributed by atoms with Gasteiger partial charge in [0.1, 0.15) is 0 Å². The number of hydrogen-bond donors (Lipinski definition) is 1. The summed E-state index contributed by atoms with van der Waals surface area (Å²) >= 11 is 0. The summed E-state index contributed by atoms with van der Waals surface area (Å²) in [6.45, 7) is 4.05. The van der Waals surface area contributed by atoms with Gasteiger partial charge in [0.25, 0.3) is 0 Å². The first-order valence-corrected chi connectivity index (χ1v) is 8.44. The zero-order chi connectivity index (χ0) is 17.9. The Labute approximate surface area is 144 Å². The van der Waals surface area contributed by atoms with Crippen LogP contribution < -0.4 is 10.2 Å². The van der Waals surface area contributed by atoms with Crippen molar-refractivity contribution in [2.24, 2.45) is 0 Å². The van der Waals surface area contributed by atoms with Gasteiger partial charge in [0, 0.05) is 50.9 Å². The molecule has 0 saturated carbocycles. The van der Waals surface area contributed by atoms with E-state index >= 15 is 0 Å². The molecule has 0 spiro atoms. The molecule has 0 aromatic heterocycles. The lowest BCUT2D eigenvalue weighted by Gasteiger charge is -2.37. The maximum Gasteiger partial charge on any atom is 0.416 e. The summed E-state index contributed by atoms with van der Waals surface area (Å²) in [4.78, 5) is 16.0. The number of carbonyl (C=O) groups is 1. The molecule has 25 heavy (non-hydrogen) atoms. The minimum absolute atomic E-state index is 0.0442. The van der Waals surface area contributed by atoms with Gasteiger partial charge < -0.3 is 19.9 Å². The van der Waals surface area contributed by atoms with Crippen LogP contribution in [0.3, 0.4) is 0 Å². The number of nitrogens with one attached hydrogen (secondary N) is 1. The molecule has 1 aromatic carbocycles. The van der Waals surface area contributed by atoms with Crippen molar-refractivity contribution in [3.8, 4) is 0 Å². The number of nitrogens with zero attached hydrogens (tertiary/aromatic N) is 2. The van der Waals surface area contributed by atoms with Crippen LogP contribution >= 0.6 is 0 Å². The molecule has 2 fully saturated rings. The number of anilines is 1. The van der Waals surface area contributed by atoms with Crippen molar-refractivity contribution in [1.29, 1.82) is 0 Å². The van der Waals surface area contributed by atoms with Crippen LogP contribution in [0.1, 0.15) is 12.0 Å². The molecule has 2 aliphatic heterocycles. The van der Waals surface area contributed by atoms with Gasteiger partial charge in [0.2, 0.25) is 5.91 Å². The van der Waals surface area contributed by atoms with E-state index in [-0.39, 0.29) is 11.9 Å². The Morgan fingerprint density at radius 3 is 2.64 bits per heavy atom. The van der Waals surface area contributed by atoms with E-state index in [1.807, 2.05) is 4.90 Å². The molecule has 1 atom stereocenters. The van der Waals surface area contributed by atoms with E-state index in [1.54, 1.807) is 11.0 Å². The van der Waals surface area contributed by atoms with Crippen LogP contribution in [0.25, 0.3) is 0 Å². The molecule has 2 heterocycles. The van der Waals surface area contributed by atoms with Gasteiger partial charge in [-0.05, 0) is 18.2 Å². The molecule has 5 nitrogen and oxygen atoms in total. The molecule has 1 amide bonds. The highest BCUT2D eigenvalue weighted by atomic mass is 19.4. The molecule has 0 bridgehead atoms. The predicted molar refractivity (Wildman–Crippen MR) is 87.5 cm³/mol. The largest absolute Gasteiger partial charge is 0.416 e. The molecule has 2 saturated heterocycles. The maximum absolute atomic E-state index is 12.8. The number of alkyl halides is 3. The van der Waals surface area contributed by atoms with Crippen molar-refractivity contribution in [2.75, 3.05) is 50.8 Å². The predicted octanol–water partition coefficient (Wildman–Crippen LogP) is 1.73. The molecular formula is C17H22F3N3O2. The molecular weight excluding hydrogens is 335 g/mol. The summed E-state index contributed by atoms with van der Waals surface area (Å²) in [5.74, 6) is 0.0618. The maximum atomic E-state index is 12.8. The van der Waals surface area contributed by atoms with Gasteiger partial charge in [-0.1, -0.05) is 6.07 Å². The van der Waals surface area contributed by atoms with E-state index in [0.717, 1.165) is 12.6 Å². The number of ether oxygens (including phenoxy) is 1. The quantitative estimate of drug-likeness (QED) is 0.895. The minimum Gasteiger partial charge on any atom is -0.378 e. The van der Waals surface area contributed by atoms with Crippen LogP contribution in [0.4, 0.5) is 18.9 Å². The van der Waals surface area contributed by atoms with Crippen molar-refractivity contribution < 1.29 is 22.7 Å². The van der Waals surface area contributed by atoms with Crippen LogP contribution in [0.5, 0.6) is 0 Å². The van der Waals surface area contributed by atoms with Crippen LogP contribution in [0.15, 0.2) is 24.3 Å². The molecule has 2 aliphatic rings. The van der Waals surface area contributed by atoms with Crippen LogP contribution in [0, 0.1) is 0 Å². The number of halogens is 3. The third kappa shape index (κ3) is 4.64. The number of amides is 1. The third-order valence-electron chi connectivity index (χ3n) is 4.59. The molecule has 3 rings (SSSR count). The van der Waals surface area contributed by atoms with E-state index < -0.39 is 11.7 Å². The number of carbonyl (C=O) groups excluding carboxylic acids is 1. The lowest BCUT2D eigenvalue weighted by molar-refractivity contribution is -0.137. The van der Waals surface area contributed by atoms with Crippen LogP contribution in [-0.2, 0) is 15.7 Å². The molecule has 8 heteroatoms. The van der Waals surface area contributed by atoms with Crippen molar-refractivity contribution in [1.82, 2.24) is 10.2 Å². The fraction of sp³-hybridized carbons (Fsp3) is 0.588. The number of benzene rings is 1. The van der Waals surface area contributed by atoms with Gasteiger partial charge in [0.15, 0.2) is 0 Å². The SMILES string of the molecule is O=C(CC1COCCN1)N1CCN(c2cccc(C(F)(F)F)c2)CC1. The van der Waals surface area contributed by atoms with Crippen molar-refractivity contribution in [3.63, 3.8) is 0 Å². The second kappa shape index (κ2) is 7.61. The highest BCUT2D eigenvalue weighted by Gasteiger charge is 2.31. The Kier molecular flexibility index (Phi) is 5.48. The topological polar surface area (TPSA) is 44.8 Å². The van der Waals surface area contributed by atoms with Gasteiger partial charge in [-0.2, -0.15) is 13.2 Å². The summed E-state index contributed by atoms with van der Waals surface area (Å²) < 4.78 is 43.9. The second-order valence-electron chi connectivity index (χ2n) is 6.35. The zero-order valence-electron chi connectivity index (χ0n) is 13.9. The summed E-state index contributed by atoms with van der Waals surface area (Å²) in [6.07, 6.45) is -3.95. The fourth-order valence-electron chi connectivity index (χ4n) is 3.18. The van der Waals surface area contributed by atoms with E-state index in [2.05, 4.69) is 5.32 Å².